The molecule has 3 nitrogen and oxygen atoms in total. The molecule has 0 aromatic carbocycles. The van der Waals surface area contributed by atoms with Crippen molar-refractivity contribution in [3.05, 3.63) is 0 Å². The lowest BCUT2D eigenvalue weighted by Crippen LogP contribution is -2.31. The van der Waals surface area contributed by atoms with E-state index < -0.39 is 0 Å². The fraction of sp³-hybridized carbons (Fsp3) is 0.778. The summed E-state index contributed by atoms with van der Waals surface area (Å²) in [5, 5.41) is 8.35. The summed E-state index contributed by atoms with van der Waals surface area (Å²) in [5.74, 6) is 0.192. The molecule has 0 atom stereocenters. The largest absolute Gasteiger partial charge is 0.341 e. The highest BCUT2D eigenvalue weighted by molar-refractivity contribution is 5.83. The smallest absolute Gasteiger partial charge is 0.228 e. The molecule has 1 aliphatic rings. The lowest BCUT2D eigenvalue weighted by atomic mass is 9.92. The van der Waals surface area contributed by atoms with Gasteiger partial charge < -0.3 is 4.90 Å². The lowest BCUT2D eigenvalue weighted by Gasteiger charge is -2.17. The van der Waals surface area contributed by atoms with Crippen LogP contribution in [0.4, 0.5) is 0 Å². The van der Waals surface area contributed by atoms with E-state index in [1.54, 1.807) is 4.90 Å². The maximum Gasteiger partial charge on any atom is 0.228 e. The monoisotopic (exact) mass is 166 g/mol. The summed E-state index contributed by atoms with van der Waals surface area (Å²) in [7, 11) is 0. The van der Waals surface area contributed by atoms with Crippen molar-refractivity contribution >= 4 is 5.91 Å². The average molecular weight is 166 g/mol. The van der Waals surface area contributed by atoms with Gasteiger partial charge in [0, 0.05) is 18.5 Å². The predicted molar refractivity (Wildman–Crippen MR) is 45.2 cm³/mol. The number of nitriles is 1. The van der Waals surface area contributed by atoms with Gasteiger partial charge in [0.15, 0.2) is 0 Å². The van der Waals surface area contributed by atoms with E-state index in [9.17, 15) is 4.79 Å². The Labute approximate surface area is 73.0 Å². The van der Waals surface area contributed by atoms with Crippen molar-refractivity contribution in [2.45, 2.75) is 26.7 Å². The average Bonchev–Trinajstić information content (AvgIpc) is 2.26. The summed E-state index contributed by atoms with van der Waals surface area (Å²) in [4.78, 5) is 13.3. The maximum absolute atomic E-state index is 11.5. The van der Waals surface area contributed by atoms with E-state index in [2.05, 4.69) is 0 Å². The van der Waals surface area contributed by atoms with Crippen molar-refractivity contribution in [3.63, 3.8) is 0 Å². The molecule has 1 aliphatic heterocycles. The van der Waals surface area contributed by atoms with Crippen LogP contribution in [0.2, 0.25) is 0 Å². The first-order chi connectivity index (χ1) is 5.58. The molecule has 0 aliphatic carbocycles. The van der Waals surface area contributed by atoms with Crippen LogP contribution in [0.1, 0.15) is 26.7 Å². The number of amides is 1. The van der Waals surface area contributed by atoms with E-state index >= 15 is 0 Å². The molecule has 0 radical (unpaired) electrons. The summed E-state index contributed by atoms with van der Waals surface area (Å²) in [6.07, 6.45) is 1.36. The van der Waals surface area contributed by atoms with Crippen molar-refractivity contribution in [2.24, 2.45) is 5.41 Å². The highest BCUT2D eigenvalue weighted by Crippen LogP contribution is 2.30. The second kappa shape index (κ2) is 3.14. The molecule has 12 heavy (non-hydrogen) atoms. The topological polar surface area (TPSA) is 44.1 Å². The number of carbonyl (C=O) groups excluding carboxylic acids is 1. The number of hydrogen-bond acceptors (Lipinski definition) is 2. The summed E-state index contributed by atoms with van der Waals surface area (Å²) in [5.41, 5.74) is -0.199. The van der Waals surface area contributed by atoms with E-state index in [0.29, 0.717) is 13.0 Å². The second-order valence-electron chi connectivity index (χ2n) is 3.83. The number of carbonyl (C=O) groups is 1. The fourth-order valence-corrected chi connectivity index (χ4v) is 1.45. The van der Waals surface area contributed by atoms with E-state index in [1.807, 2.05) is 19.9 Å². The van der Waals surface area contributed by atoms with Crippen LogP contribution in [0, 0.1) is 16.7 Å². The van der Waals surface area contributed by atoms with Crippen molar-refractivity contribution in [1.82, 2.24) is 4.90 Å². The Morgan fingerprint density at radius 1 is 1.67 bits per heavy atom. The highest BCUT2D eigenvalue weighted by atomic mass is 16.2. The van der Waals surface area contributed by atoms with Gasteiger partial charge in [0.2, 0.25) is 5.91 Å². The zero-order valence-corrected chi connectivity index (χ0v) is 7.63. The minimum Gasteiger partial charge on any atom is -0.341 e. The van der Waals surface area contributed by atoms with E-state index in [4.69, 9.17) is 5.26 Å². The molecule has 0 bridgehead atoms. The molecule has 1 heterocycles. The van der Waals surface area contributed by atoms with E-state index in [1.165, 1.54) is 0 Å². The molecule has 0 N–H and O–H groups in total. The van der Waals surface area contributed by atoms with Gasteiger partial charge in [-0.15, -0.1) is 0 Å². The Morgan fingerprint density at radius 3 is 2.75 bits per heavy atom. The SMILES string of the molecule is CC1(C)CCN(CCC#N)C1=O. The first kappa shape index (κ1) is 9.05. The molecule has 0 spiro atoms. The van der Waals surface area contributed by atoms with Crippen LogP contribution < -0.4 is 0 Å². The molecule has 1 fully saturated rings. The van der Waals surface area contributed by atoms with E-state index in [-0.39, 0.29) is 11.3 Å². The number of likely N-dealkylation sites (tertiary alicyclic amines) is 1. The first-order valence-corrected chi connectivity index (χ1v) is 4.24. The first-order valence-electron chi connectivity index (χ1n) is 4.24. The number of nitrogens with zero attached hydrogens (tertiary/aromatic N) is 2. The maximum atomic E-state index is 11.5. The predicted octanol–water partition coefficient (Wildman–Crippen LogP) is 1.16. The van der Waals surface area contributed by atoms with Gasteiger partial charge in [-0.25, -0.2) is 0 Å². The molecular formula is C9H14N2O. The van der Waals surface area contributed by atoms with Gasteiger partial charge in [0.25, 0.3) is 0 Å². The van der Waals surface area contributed by atoms with Gasteiger partial charge in [-0.05, 0) is 6.42 Å². The minimum absolute atomic E-state index is 0.192. The van der Waals surface area contributed by atoms with Crippen molar-refractivity contribution in [2.75, 3.05) is 13.1 Å². The molecule has 1 amide bonds. The Hall–Kier alpha value is -1.04. The summed E-state index contributed by atoms with van der Waals surface area (Å²) < 4.78 is 0. The third-order valence-corrected chi connectivity index (χ3v) is 2.37. The van der Waals surface area contributed by atoms with Gasteiger partial charge in [-0.3, -0.25) is 4.79 Å². The van der Waals surface area contributed by atoms with Crippen LogP contribution in [-0.2, 0) is 4.79 Å². The molecular weight excluding hydrogens is 152 g/mol. The van der Waals surface area contributed by atoms with Crippen LogP contribution in [0.25, 0.3) is 0 Å². The van der Waals surface area contributed by atoms with Crippen LogP contribution >= 0.6 is 0 Å². The van der Waals surface area contributed by atoms with Crippen molar-refractivity contribution in [3.8, 4) is 6.07 Å². The van der Waals surface area contributed by atoms with Crippen LogP contribution in [0.15, 0.2) is 0 Å². The molecule has 0 unspecified atom stereocenters. The quantitative estimate of drug-likeness (QED) is 0.617. The Bertz CT molecular complexity index is 227. The third kappa shape index (κ3) is 1.58. The van der Waals surface area contributed by atoms with Gasteiger partial charge in [0.1, 0.15) is 0 Å². The third-order valence-electron chi connectivity index (χ3n) is 2.37. The fourth-order valence-electron chi connectivity index (χ4n) is 1.45. The second-order valence-corrected chi connectivity index (χ2v) is 3.83. The molecule has 0 aromatic heterocycles. The zero-order chi connectivity index (χ0) is 9.19. The molecule has 1 rings (SSSR count). The zero-order valence-electron chi connectivity index (χ0n) is 7.63. The van der Waals surface area contributed by atoms with Crippen LogP contribution in [0.5, 0.6) is 0 Å². The van der Waals surface area contributed by atoms with Gasteiger partial charge in [0.05, 0.1) is 12.5 Å². The van der Waals surface area contributed by atoms with E-state index in [0.717, 1.165) is 13.0 Å². The normalized spacial score (nSPS) is 21.1. The van der Waals surface area contributed by atoms with Crippen molar-refractivity contribution < 1.29 is 4.79 Å². The molecule has 66 valence electrons. The van der Waals surface area contributed by atoms with Gasteiger partial charge in [-0.2, -0.15) is 5.26 Å². The summed E-state index contributed by atoms with van der Waals surface area (Å²) in [6, 6.07) is 2.05. The Morgan fingerprint density at radius 2 is 2.33 bits per heavy atom. The molecule has 3 heteroatoms. The van der Waals surface area contributed by atoms with Crippen LogP contribution in [-0.4, -0.2) is 23.9 Å². The van der Waals surface area contributed by atoms with Gasteiger partial charge >= 0.3 is 0 Å². The molecule has 1 saturated heterocycles. The highest BCUT2D eigenvalue weighted by Gasteiger charge is 2.37. The van der Waals surface area contributed by atoms with Gasteiger partial charge in [-0.1, -0.05) is 13.8 Å². The molecule has 0 saturated carbocycles. The molecule has 0 aromatic rings. The Kier molecular flexibility index (Phi) is 2.37. The standard InChI is InChI=1S/C9H14N2O/c1-9(2)4-7-11(8(9)12)6-3-5-10/h3-4,6-7H2,1-2H3. The lowest BCUT2D eigenvalue weighted by molar-refractivity contribution is -0.134. The van der Waals surface area contributed by atoms with Crippen LogP contribution in [0.3, 0.4) is 0 Å². The summed E-state index contributed by atoms with van der Waals surface area (Å²) in [6.45, 7) is 5.33. The number of hydrogen-bond donors (Lipinski definition) is 0. The summed E-state index contributed by atoms with van der Waals surface area (Å²) >= 11 is 0. The number of rotatable bonds is 2. The Balaban J connectivity index is 2.51. The van der Waals surface area contributed by atoms with Crippen molar-refractivity contribution in [1.29, 1.82) is 5.26 Å². The minimum atomic E-state index is -0.199.